The van der Waals surface area contributed by atoms with Gasteiger partial charge in [0.2, 0.25) is 5.91 Å². The standard InChI is InChI=1S/C67H82Cl2N8O11S/c1-43(2)63(77-41-47-13-8-9-14-50(47)67(77)81)64(79)51-32-49(78)33-52(51)66(80)72-39-46-16-15-45(65-44(3)73-42-89-65)31-58(46)88-30-29-86-28-27-85-26-25-84-23-11-7-6-10-17-75-19-21-76(22-20-75)18-12-24-87-61-36-56-53(34-60(61)83-5)62(48(38-70)40-71-56)74-57-37-59(82-4)55(69)35-54(57)68/h8-9,13-16,31,34-37,40,42-43,49,51-52,63,78H,6-7,10-12,17-30,32-33,39,41H2,1-5H3,(H,71,74)(H,72,80)/t49-,51?,52+,63-/m0/s1. The van der Waals surface area contributed by atoms with Crippen LogP contribution in [0.4, 0.5) is 11.4 Å². The van der Waals surface area contributed by atoms with Gasteiger partial charge in [0.25, 0.3) is 5.91 Å². The molecule has 2 aliphatic heterocycles. The lowest BCUT2D eigenvalue weighted by molar-refractivity contribution is -0.136. The first-order valence-electron chi connectivity index (χ1n) is 30.8. The normalized spacial score (nSPS) is 17.2. The van der Waals surface area contributed by atoms with Crippen molar-refractivity contribution in [3.8, 4) is 39.5 Å². The van der Waals surface area contributed by atoms with Crippen LogP contribution in [0.1, 0.15) is 91.5 Å². The molecule has 3 N–H and O–H groups in total. The summed E-state index contributed by atoms with van der Waals surface area (Å²) >= 11 is 14.3. The quantitative estimate of drug-likeness (QED) is 0.0320. The number of hydrogen-bond acceptors (Lipinski definition) is 18. The minimum Gasteiger partial charge on any atom is -0.495 e. The smallest absolute Gasteiger partial charge is 0.255 e. The number of Topliss-reactive ketones (excluding diaryl/α,β-unsaturated/α-hetero) is 1. The number of aromatic nitrogens is 2. The average molecular weight is 1280 g/mol. The van der Waals surface area contributed by atoms with Crippen LogP contribution >= 0.6 is 34.5 Å². The zero-order chi connectivity index (χ0) is 62.8. The number of fused-ring (bicyclic) bond motifs is 2. The summed E-state index contributed by atoms with van der Waals surface area (Å²) in [5.41, 5.74) is 7.92. The SMILES string of the molecule is COc1cc(Nc2c(C#N)cnc3cc(OCCCN4CCN(CCCCCCOCCOCCOCCOc5cc(-c6scnc6C)ccc5CNC(=O)[C@@H]5C[C@@H](O)CC5C(=O)[C@H](C(C)C)N5Cc6ccccc6C5=O)CC4)c(OC)cc23)c(Cl)cc1Cl. The number of methoxy groups -OCH3 is 2. The molecule has 2 amide bonds. The van der Waals surface area contributed by atoms with E-state index in [-0.39, 0.29) is 49.5 Å². The highest BCUT2D eigenvalue weighted by atomic mass is 35.5. The molecule has 4 heterocycles. The fourth-order valence-corrected chi connectivity index (χ4v) is 13.3. The fourth-order valence-electron chi connectivity index (χ4n) is 12.0. The van der Waals surface area contributed by atoms with E-state index in [0.29, 0.717) is 119 Å². The number of nitriles is 1. The lowest BCUT2D eigenvalue weighted by Gasteiger charge is -2.34. The van der Waals surface area contributed by atoms with Crippen molar-refractivity contribution in [3.05, 3.63) is 116 Å². The number of carbonyl (C=O) groups is 3. The van der Waals surface area contributed by atoms with Crippen molar-refractivity contribution in [2.24, 2.45) is 17.8 Å². The highest BCUT2D eigenvalue weighted by Crippen LogP contribution is 2.42. The van der Waals surface area contributed by atoms with E-state index in [0.717, 1.165) is 85.8 Å². The second-order valence-corrected chi connectivity index (χ2v) is 24.8. The number of amides is 2. The highest BCUT2D eigenvalue weighted by molar-refractivity contribution is 7.13. The number of ether oxygens (including phenoxy) is 7. The average Bonchev–Trinajstić information content (AvgIpc) is 2.42. The Morgan fingerprint density at radius 3 is 2.15 bits per heavy atom. The summed E-state index contributed by atoms with van der Waals surface area (Å²) in [6.07, 6.45) is 6.38. The van der Waals surface area contributed by atoms with Gasteiger partial charge >= 0.3 is 0 Å². The van der Waals surface area contributed by atoms with Crippen LogP contribution in [0.2, 0.25) is 10.0 Å². The van der Waals surface area contributed by atoms with Gasteiger partial charge in [0.05, 0.1) is 121 Å². The lowest BCUT2D eigenvalue weighted by Crippen LogP contribution is -2.49. The third-order valence-corrected chi connectivity index (χ3v) is 18.3. The molecular formula is C67H82Cl2N8O11S. The summed E-state index contributed by atoms with van der Waals surface area (Å²) < 4.78 is 41.1. The molecule has 89 heavy (non-hydrogen) atoms. The third kappa shape index (κ3) is 17.4. The maximum atomic E-state index is 14.4. The van der Waals surface area contributed by atoms with Crippen LogP contribution in [0, 0.1) is 36.0 Å². The molecule has 1 saturated heterocycles. The number of aliphatic hydroxyl groups is 1. The summed E-state index contributed by atoms with van der Waals surface area (Å²) in [6.45, 7) is 16.1. The van der Waals surface area contributed by atoms with E-state index in [1.807, 2.05) is 74.8 Å². The molecule has 0 radical (unpaired) electrons. The van der Waals surface area contributed by atoms with Crippen LogP contribution in [0.25, 0.3) is 21.3 Å². The summed E-state index contributed by atoms with van der Waals surface area (Å²) in [5.74, 6) is -0.197. The van der Waals surface area contributed by atoms with Gasteiger partial charge in [0.1, 0.15) is 24.2 Å². The number of nitrogens with zero attached hydrogens (tertiary/aromatic N) is 6. The van der Waals surface area contributed by atoms with Crippen molar-refractivity contribution in [2.45, 2.75) is 91.0 Å². The van der Waals surface area contributed by atoms with Gasteiger partial charge in [-0.3, -0.25) is 19.4 Å². The number of ketones is 1. The minimum absolute atomic E-state index is 0.150. The Bertz CT molecular complexity index is 3410. The number of aryl methyl sites for hydroxylation is 1. The Morgan fingerprint density at radius 2 is 1.45 bits per heavy atom. The molecule has 0 spiro atoms. The van der Waals surface area contributed by atoms with Crippen LogP contribution < -0.4 is 29.6 Å². The van der Waals surface area contributed by atoms with Gasteiger partial charge in [-0.25, -0.2) is 4.98 Å². The van der Waals surface area contributed by atoms with Crippen LogP contribution in [-0.2, 0) is 36.9 Å². The van der Waals surface area contributed by atoms with Crippen molar-refractivity contribution in [1.29, 1.82) is 5.26 Å². The largest absolute Gasteiger partial charge is 0.495 e. The Labute approximate surface area is 535 Å². The Hall–Kier alpha value is -6.64. The Morgan fingerprint density at radius 1 is 0.764 bits per heavy atom. The van der Waals surface area contributed by atoms with Gasteiger partial charge in [-0.2, -0.15) is 5.26 Å². The molecule has 3 aliphatic rings. The molecule has 22 heteroatoms. The van der Waals surface area contributed by atoms with Crippen molar-refractivity contribution in [3.63, 3.8) is 0 Å². The third-order valence-electron chi connectivity index (χ3n) is 16.7. The minimum atomic E-state index is -0.806. The van der Waals surface area contributed by atoms with Crippen molar-refractivity contribution in [1.82, 2.24) is 30.0 Å². The van der Waals surface area contributed by atoms with E-state index < -0.39 is 24.0 Å². The first kappa shape index (κ1) is 66.8. The lowest BCUT2D eigenvalue weighted by atomic mass is 9.83. The molecule has 9 rings (SSSR count). The van der Waals surface area contributed by atoms with Gasteiger partial charge in [0, 0.05) is 93.2 Å². The van der Waals surface area contributed by atoms with E-state index >= 15 is 0 Å². The van der Waals surface area contributed by atoms with Crippen LogP contribution in [-0.4, -0.2) is 166 Å². The molecule has 1 aliphatic carbocycles. The number of anilines is 2. The number of halogens is 2. The molecule has 4 aromatic carbocycles. The van der Waals surface area contributed by atoms with Gasteiger partial charge in [-0.1, -0.05) is 80.2 Å². The van der Waals surface area contributed by atoms with Crippen LogP contribution in [0.15, 0.2) is 78.4 Å². The van der Waals surface area contributed by atoms with Gasteiger partial charge in [-0.15, -0.1) is 11.3 Å². The zero-order valence-corrected chi connectivity index (χ0v) is 53.9. The zero-order valence-electron chi connectivity index (χ0n) is 51.5. The summed E-state index contributed by atoms with van der Waals surface area (Å²) in [7, 11) is 3.11. The number of carbonyl (C=O) groups excluding carboxylic acids is 3. The molecule has 1 saturated carbocycles. The maximum Gasteiger partial charge on any atom is 0.255 e. The maximum absolute atomic E-state index is 14.4. The molecule has 6 aromatic rings. The van der Waals surface area contributed by atoms with Gasteiger partial charge in [-0.05, 0) is 86.9 Å². The number of nitrogens with one attached hydrogen (secondary N) is 2. The molecule has 2 fully saturated rings. The Kier molecular flexibility index (Phi) is 24.7. The summed E-state index contributed by atoms with van der Waals surface area (Å²) in [5, 5.41) is 28.5. The molecule has 1 unspecified atom stereocenters. The summed E-state index contributed by atoms with van der Waals surface area (Å²) in [6, 6.07) is 21.7. The fraction of sp³-hybridized carbons (Fsp3) is 0.493. The number of aliphatic hydroxyl groups excluding tert-OH is 1. The molecular weight excluding hydrogens is 1200 g/mol. The predicted molar refractivity (Wildman–Crippen MR) is 345 cm³/mol. The van der Waals surface area contributed by atoms with Crippen LogP contribution in [0.3, 0.4) is 0 Å². The Balaban J connectivity index is 0.609. The van der Waals surface area contributed by atoms with E-state index in [1.54, 1.807) is 41.5 Å². The monoisotopic (exact) mass is 1280 g/mol. The first-order valence-corrected chi connectivity index (χ1v) is 32.4. The van der Waals surface area contributed by atoms with E-state index in [2.05, 4.69) is 36.5 Å². The van der Waals surface area contributed by atoms with E-state index in [4.69, 9.17) is 56.4 Å². The summed E-state index contributed by atoms with van der Waals surface area (Å²) in [4.78, 5) is 58.5. The highest BCUT2D eigenvalue weighted by Gasteiger charge is 2.48. The van der Waals surface area contributed by atoms with Gasteiger partial charge < -0.3 is 63.6 Å². The topological polar surface area (TPSA) is 219 Å². The number of piperazine rings is 1. The van der Waals surface area contributed by atoms with E-state index in [1.165, 1.54) is 26.1 Å². The number of thiazole rings is 1. The molecule has 19 nitrogen and oxygen atoms in total. The van der Waals surface area contributed by atoms with Gasteiger partial charge in [0.15, 0.2) is 17.3 Å². The second kappa shape index (κ2) is 32.9. The second-order valence-electron chi connectivity index (χ2n) is 23.1. The van der Waals surface area contributed by atoms with Crippen LogP contribution in [0.5, 0.6) is 23.0 Å². The predicted octanol–water partition coefficient (Wildman–Crippen LogP) is 10.9. The number of unbranched alkanes of at least 4 members (excludes halogenated alkanes) is 3. The van der Waals surface area contributed by atoms with Crippen molar-refractivity contribution >= 4 is 74.4 Å². The first-order chi connectivity index (χ1) is 43.2. The number of rotatable bonds is 34. The molecule has 2 aromatic heterocycles. The van der Waals surface area contributed by atoms with Crippen molar-refractivity contribution in [2.75, 3.05) is 112 Å². The van der Waals surface area contributed by atoms with E-state index in [9.17, 15) is 24.8 Å². The number of hydrogen-bond donors (Lipinski definition) is 3. The number of pyridine rings is 1. The molecule has 0 bridgehead atoms. The number of benzene rings is 4. The van der Waals surface area contributed by atoms with Crippen molar-refractivity contribution < 1.29 is 52.6 Å². The molecule has 476 valence electrons. The molecule has 4 atom stereocenters.